The maximum Gasteiger partial charge on any atom is 0.265 e. The molecule has 1 N–H and O–H groups in total. The molecule has 0 bridgehead atoms. The first-order chi connectivity index (χ1) is 13.3. The van der Waals surface area contributed by atoms with Crippen molar-refractivity contribution < 1.29 is 17.9 Å². The highest BCUT2D eigenvalue weighted by molar-refractivity contribution is 7.89. The molecule has 0 fully saturated rings. The van der Waals surface area contributed by atoms with E-state index in [9.17, 15) is 13.2 Å². The number of rotatable bonds is 9. The van der Waals surface area contributed by atoms with Crippen LogP contribution < -0.4 is 10.1 Å². The van der Waals surface area contributed by atoms with Crippen LogP contribution in [0.3, 0.4) is 0 Å². The normalized spacial score (nSPS) is 12.6. The van der Waals surface area contributed by atoms with E-state index in [-0.39, 0.29) is 10.8 Å². The van der Waals surface area contributed by atoms with Crippen LogP contribution in [0.4, 0.5) is 5.69 Å². The lowest BCUT2D eigenvalue weighted by atomic mass is 10.2. The number of benzene rings is 2. The summed E-state index contributed by atoms with van der Waals surface area (Å²) in [4.78, 5) is 12.7. The summed E-state index contributed by atoms with van der Waals surface area (Å²) in [7, 11) is -3.52. The third-order valence-corrected chi connectivity index (χ3v) is 6.49. The molecular formula is C21H28N2O4S. The van der Waals surface area contributed by atoms with Gasteiger partial charge in [0.15, 0.2) is 6.10 Å². The van der Waals surface area contributed by atoms with E-state index in [4.69, 9.17) is 4.74 Å². The first kappa shape index (κ1) is 21.9. The average molecular weight is 405 g/mol. The number of ether oxygens (including phenoxy) is 1. The molecule has 0 aliphatic rings. The molecule has 1 atom stereocenters. The minimum atomic E-state index is -3.52. The molecule has 2 rings (SSSR count). The van der Waals surface area contributed by atoms with Crippen LogP contribution in [0.25, 0.3) is 0 Å². The molecule has 1 amide bonds. The van der Waals surface area contributed by atoms with Gasteiger partial charge in [-0.3, -0.25) is 4.79 Å². The smallest absolute Gasteiger partial charge is 0.265 e. The fourth-order valence-electron chi connectivity index (χ4n) is 2.75. The van der Waals surface area contributed by atoms with Gasteiger partial charge in [-0.05, 0) is 49.7 Å². The van der Waals surface area contributed by atoms with Crippen LogP contribution in [0.2, 0.25) is 0 Å². The van der Waals surface area contributed by atoms with Gasteiger partial charge in [0.1, 0.15) is 5.75 Å². The number of nitrogens with zero attached hydrogens (tertiary/aromatic N) is 1. The molecule has 2 aromatic rings. The van der Waals surface area contributed by atoms with Gasteiger partial charge in [-0.25, -0.2) is 8.42 Å². The Bertz CT molecular complexity index is 874. The summed E-state index contributed by atoms with van der Waals surface area (Å²) in [5.74, 6) is 0.357. The van der Waals surface area contributed by atoms with Crippen molar-refractivity contribution in [1.82, 2.24) is 4.31 Å². The van der Waals surface area contributed by atoms with Crippen LogP contribution in [0, 0.1) is 6.92 Å². The van der Waals surface area contributed by atoms with E-state index in [1.807, 2.05) is 38.1 Å². The van der Waals surface area contributed by atoms with Crippen LogP contribution in [0.5, 0.6) is 5.75 Å². The molecular weight excluding hydrogens is 376 g/mol. The second-order valence-corrected chi connectivity index (χ2v) is 8.37. The molecule has 0 spiro atoms. The highest BCUT2D eigenvalue weighted by atomic mass is 32.2. The Balaban J connectivity index is 2.07. The summed E-state index contributed by atoms with van der Waals surface area (Å²) in [6.45, 7) is 8.27. The van der Waals surface area contributed by atoms with Gasteiger partial charge in [0.05, 0.1) is 4.90 Å². The topological polar surface area (TPSA) is 75.7 Å². The molecule has 0 saturated heterocycles. The van der Waals surface area contributed by atoms with E-state index < -0.39 is 16.1 Å². The van der Waals surface area contributed by atoms with E-state index in [1.165, 1.54) is 16.4 Å². The number of amides is 1. The third kappa shape index (κ3) is 5.33. The quantitative estimate of drug-likeness (QED) is 0.689. The lowest BCUT2D eigenvalue weighted by Crippen LogP contribution is -2.32. The van der Waals surface area contributed by atoms with Gasteiger partial charge in [0.25, 0.3) is 5.91 Å². The molecule has 0 radical (unpaired) electrons. The lowest BCUT2D eigenvalue weighted by molar-refractivity contribution is -0.122. The van der Waals surface area contributed by atoms with E-state index >= 15 is 0 Å². The largest absolute Gasteiger partial charge is 0.481 e. The Morgan fingerprint density at radius 2 is 1.57 bits per heavy atom. The summed E-state index contributed by atoms with van der Waals surface area (Å²) in [6.07, 6.45) is -0.129. The number of aryl methyl sites for hydroxylation is 1. The predicted octanol–water partition coefficient (Wildman–Crippen LogP) is 3.82. The van der Waals surface area contributed by atoms with Crippen LogP contribution in [-0.4, -0.2) is 37.8 Å². The number of sulfonamides is 1. The first-order valence-corrected chi connectivity index (χ1v) is 10.9. The van der Waals surface area contributed by atoms with Gasteiger partial charge in [-0.2, -0.15) is 4.31 Å². The van der Waals surface area contributed by atoms with Gasteiger partial charge in [-0.15, -0.1) is 0 Å². The van der Waals surface area contributed by atoms with Crippen LogP contribution in [0.1, 0.15) is 32.8 Å². The monoisotopic (exact) mass is 404 g/mol. The van der Waals surface area contributed by atoms with E-state index in [2.05, 4.69) is 5.32 Å². The van der Waals surface area contributed by atoms with Gasteiger partial charge in [-0.1, -0.05) is 38.5 Å². The highest BCUT2D eigenvalue weighted by Crippen LogP contribution is 2.20. The van der Waals surface area contributed by atoms with Gasteiger partial charge >= 0.3 is 0 Å². The van der Waals surface area contributed by atoms with E-state index in [0.717, 1.165) is 5.56 Å². The Hall–Kier alpha value is -2.38. The van der Waals surface area contributed by atoms with Crippen molar-refractivity contribution in [3.05, 3.63) is 54.1 Å². The van der Waals surface area contributed by atoms with Gasteiger partial charge in [0.2, 0.25) is 10.0 Å². The molecule has 7 heteroatoms. The van der Waals surface area contributed by atoms with E-state index in [0.29, 0.717) is 30.9 Å². The zero-order valence-corrected chi connectivity index (χ0v) is 17.6. The summed E-state index contributed by atoms with van der Waals surface area (Å²) < 4.78 is 32.2. The van der Waals surface area contributed by atoms with Crippen LogP contribution >= 0.6 is 0 Å². The minimum Gasteiger partial charge on any atom is -0.481 e. The Kier molecular flexibility index (Phi) is 7.60. The molecule has 0 aliphatic heterocycles. The molecule has 6 nitrogen and oxygen atoms in total. The zero-order chi connectivity index (χ0) is 20.7. The fraction of sp³-hybridized carbons (Fsp3) is 0.381. The first-order valence-electron chi connectivity index (χ1n) is 9.46. The highest BCUT2D eigenvalue weighted by Gasteiger charge is 2.22. The van der Waals surface area contributed by atoms with Crippen molar-refractivity contribution in [2.75, 3.05) is 18.4 Å². The minimum absolute atomic E-state index is 0.206. The Morgan fingerprint density at radius 1 is 1.00 bits per heavy atom. The van der Waals surface area contributed by atoms with Crippen LogP contribution in [-0.2, 0) is 14.8 Å². The standard InChI is InChI=1S/C21H28N2O4S/c1-5-20(27-18-12-8-16(4)9-13-18)21(24)22-17-10-14-19(15-11-17)28(25,26)23(6-2)7-3/h8-15,20H,5-7H2,1-4H3,(H,22,24). The summed E-state index contributed by atoms with van der Waals surface area (Å²) in [6, 6.07) is 13.7. The van der Waals surface area contributed by atoms with E-state index in [1.54, 1.807) is 26.0 Å². The number of carbonyl (C=O) groups is 1. The maximum atomic E-state index is 12.5. The SMILES string of the molecule is CCC(Oc1ccc(C)cc1)C(=O)Nc1ccc(S(=O)(=O)N(CC)CC)cc1. The Morgan fingerprint density at radius 3 is 2.07 bits per heavy atom. The molecule has 28 heavy (non-hydrogen) atoms. The number of hydrogen-bond acceptors (Lipinski definition) is 4. The second kappa shape index (κ2) is 9.71. The lowest BCUT2D eigenvalue weighted by Gasteiger charge is -2.19. The second-order valence-electron chi connectivity index (χ2n) is 6.43. The molecule has 0 aromatic heterocycles. The summed E-state index contributed by atoms with van der Waals surface area (Å²) >= 11 is 0. The maximum absolute atomic E-state index is 12.5. The Labute approximate surface area is 167 Å². The molecule has 0 saturated carbocycles. The number of anilines is 1. The third-order valence-electron chi connectivity index (χ3n) is 4.43. The summed E-state index contributed by atoms with van der Waals surface area (Å²) in [5.41, 5.74) is 1.64. The summed E-state index contributed by atoms with van der Waals surface area (Å²) in [5, 5.41) is 2.79. The average Bonchev–Trinajstić information content (AvgIpc) is 2.68. The molecule has 152 valence electrons. The van der Waals surface area contributed by atoms with Crippen molar-refractivity contribution in [2.45, 2.75) is 45.1 Å². The van der Waals surface area contributed by atoms with Gasteiger partial charge < -0.3 is 10.1 Å². The van der Waals surface area contributed by atoms with Crippen molar-refractivity contribution >= 4 is 21.6 Å². The van der Waals surface area contributed by atoms with Crippen molar-refractivity contribution in [3.63, 3.8) is 0 Å². The number of carbonyl (C=O) groups excluding carboxylic acids is 1. The molecule has 2 aromatic carbocycles. The molecule has 0 heterocycles. The van der Waals surface area contributed by atoms with Gasteiger partial charge in [0, 0.05) is 18.8 Å². The van der Waals surface area contributed by atoms with Crippen molar-refractivity contribution in [2.24, 2.45) is 0 Å². The predicted molar refractivity (Wildman–Crippen MR) is 111 cm³/mol. The van der Waals surface area contributed by atoms with Crippen molar-refractivity contribution in [3.8, 4) is 5.75 Å². The fourth-order valence-corrected chi connectivity index (χ4v) is 4.21. The number of nitrogens with one attached hydrogen (secondary N) is 1. The molecule has 0 aliphatic carbocycles. The zero-order valence-electron chi connectivity index (χ0n) is 16.8. The number of hydrogen-bond donors (Lipinski definition) is 1. The van der Waals surface area contributed by atoms with Crippen molar-refractivity contribution in [1.29, 1.82) is 0 Å². The molecule has 1 unspecified atom stereocenters. The van der Waals surface area contributed by atoms with Crippen LogP contribution in [0.15, 0.2) is 53.4 Å².